The Labute approximate surface area is 137 Å². The third-order valence-electron chi connectivity index (χ3n) is 3.88. The fraction of sp³-hybridized carbons (Fsp3) is 0.529. The molecule has 2 atom stereocenters. The van der Waals surface area contributed by atoms with Gasteiger partial charge in [0.05, 0.1) is 6.04 Å². The predicted octanol–water partition coefficient (Wildman–Crippen LogP) is 1.24. The second kappa shape index (κ2) is 7.97. The van der Waals surface area contributed by atoms with E-state index in [0.29, 0.717) is 36.7 Å². The zero-order chi connectivity index (χ0) is 16.8. The molecule has 1 aliphatic rings. The van der Waals surface area contributed by atoms with Crippen LogP contribution in [0.15, 0.2) is 24.3 Å². The molecule has 0 radical (unpaired) electrons. The maximum Gasteiger partial charge on any atom is 0.237 e. The van der Waals surface area contributed by atoms with Gasteiger partial charge in [-0.15, -0.1) is 0 Å². The first-order valence-electron chi connectivity index (χ1n) is 8.08. The van der Waals surface area contributed by atoms with Gasteiger partial charge in [0.25, 0.3) is 0 Å². The van der Waals surface area contributed by atoms with Crippen molar-refractivity contribution >= 4 is 11.7 Å². The lowest BCUT2D eigenvalue weighted by Crippen LogP contribution is -2.40. The van der Waals surface area contributed by atoms with Crippen molar-refractivity contribution in [2.24, 2.45) is 11.7 Å². The lowest BCUT2D eigenvalue weighted by Gasteiger charge is -2.14. The average Bonchev–Trinajstić information content (AvgIpc) is 2.95. The quantitative estimate of drug-likeness (QED) is 0.449. The highest BCUT2D eigenvalue weighted by Gasteiger charge is 2.30. The first kappa shape index (κ1) is 17.3. The summed E-state index contributed by atoms with van der Waals surface area (Å²) in [6.07, 6.45) is 1.56. The van der Waals surface area contributed by atoms with Crippen molar-refractivity contribution in [1.29, 1.82) is 5.41 Å². The topological polar surface area (TPSA) is 100 Å². The molecule has 0 aromatic heterocycles. The molecule has 1 amide bonds. The van der Waals surface area contributed by atoms with E-state index in [1.165, 1.54) is 0 Å². The molecule has 0 aliphatic carbocycles. The largest absolute Gasteiger partial charge is 0.489 e. The first-order chi connectivity index (χ1) is 11.0. The van der Waals surface area contributed by atoms with Gasteiger partial charge in [-0.2, -0.15) is 0 Å². The zero-order valence-electron chi connectivity index (χ0n) is 13.8. The van der Waals surface area contributed by atoms with Crippen LogP contribution in [-0.2, 0) is 4.79 Å². The van der Waals surface area contributed by atoms with E-state index < -0.39 is 0 Å². The molecular formula is C17H26N4O2. The molecule has 5 N–H and O–H groups in total. The Morgan fingerprint density at radius 1 is 1.52 bits per heavy atom. The van der Waals surface area contributed by atoms with Gasteiger partial charge in [0, 0.05) is 25.1 Å². The molecule has 23 heavy (non-hydrogen) atoms. The van der Waals surface area contributed by atoms with Gasteiger partial charge in [-0.3, -0.25) is 10.2 Å². The molecule has 0 spiro atoms. The van der Waals surface area contributed by atoms with Crippen molar-refractivity contribution in [2.75, 3.05) is 13.1 Å². The van der Waals surface area contributed by atoms with Crippen LogP contribution in [-0.4, -0.2) is 37.0 Å². The Morgan fingerprint density at radius 3 is 3.00 bits per heavy atom. The minimum Gasteiger partial charge on any atom is -0.489 e. The molecule has 0 saturated carbocycles. The SMILES string of the molecule is CC(C)CCNC(=O)C1CC(Oc2cccc(C(=N)N)c2)CN1. The van der Waals surface area contributed by atoms with Crippen LogP contribution < -0.4 is 21.1 Å². The summed E-state index contributed by atoms with van der Waals surface area (Å²) in [7, 11) is 0. The smallest absolute Gasteiger partial charge is 0.237 e. The summed E-state index contributed by atoms with van der Waals surface area (Å²) in [5, 5.41) is 13.6. The summed E-state index contributed by atoms with van der Waals surface area (Å²) < 4.78 is 5.89. The Bertz CT molecular complexity index is 559. The van der Waals surface area contributed by atoms with Crippen LogP contribution >= 0.6 is 0 Å². The molecule has 1 heterocycles. The molecule has 0 bridgehead atoms. The Morgan fingerprint density at radius 2 is 2.30 bits per heavy atom. The van der Waals surface area contributed by atoms with Crippen LogP contribution in [0, 0.1) is 11.3 Å². The highest BCUT2D eigenvalue weighted by Crippen LogP contribution is 2.19. The number of carbonyl (C=O) groups excluding carboxylic acids is 1. The van der Waals surface area contributed by atoms with E-state index in [-0.39, 0.29) is 23.9 Å². The molecular weight excluding hydrogens is 292 g/mol. The molecule has 2 unspecified atom stereocenters. The number of nitrogens with two attached hydrogens (primary N) is 1. The fourth-order valence-corrected chi connectivity index (χ4v) is 2.53. The number of rotatable bonds is 7. The summed E-state index contributed by atoms with van der Waals surface area (Å²) in [5.41, 5.74) is 6.12. The molecule has 1 aromatic rings. The van der Waals surface area contributed by atoms with Gasteiger partial charge in [-0.25, -0.2) is 0 Å². The summed E-state index contributed by atoms with van der Waals surface area (Å²) >= 11 is 0. The molecule has 1 fully saturated rings. The molecule has 1 aliphatic heterocycles. The highest BCUT2D eigenvalue weighted by molar-refractivity contribution is 5.95. The van der Waals surface area contributed by atoms with E-state index in [1.54, 1.807) is 12.1 Å². The summed E-state index contributed by atoms with van der Waals surface area (Å²) in [4.78, 5) is 12.1. The van der Waals surface area contributed by atoms with Gasteiger partial charge in [0.15, 0.2) is 0 Å². The maximum absolute atomic E-state index is 12.1. The molecule has 2 rings (SSSR count). The minimum atomic E-state index is -0.205. The van der Waals surface area contributed by atoms with E-state index in [9.17, 15) is 4.79 Å². The molecule has 6 nitrogen and oxygen atoms in total. The van der Waals surface area contributed by atoms with E-state index in [0.717, 1.165) is 6.42 Å². The van der Waals surface area contributed by atoms with Gasteiger partial charge in [0.2, 0.25) is 5.91 Å². The van der Waals surface area contributed by atoms with E-state index in [1.807, 2.05) is 12.1 Å². The van der Waals surface area contributed by atoms with Gasteiger partial charge in [-0.05, 0) is 24.5 Å². The number of carbonyl (C=O) groups is 1. The van der Waals surface area contributed by atoms with Crippen molar-refractivity contribution in [1.82, 2.24) is 10.6 Å². The van der Waals surface area contributed by atoms with Crippen LogP contribution in [0.2, 0.25) is 0 Å². The van der Waals surface area contributed by atoms with Crippen molar-refractivity contribution in [3.8, 4) is 5.75 Å². The summed E-state index contributed by atoms with van der Waals surface area (Å²) in [6.45, 7) is 5.62. The molecule has 6 heteroatoms. The number of amides is 1. The normalized spacial score (nSPS) is 20.5. The van der Waals surface area contributed by atoms with Crippen molar-refractivity contribution in [3.63, 3.8) is 0 Å². The number of hydrogen-bond donors (Lipinski definition) is 4. The lowest BCUT2D eigenvalue weighted by molar-refractivity contribution is -0.122. The number of hydrogen-bond acceptors (Lipinski definition) is 4. The molecule has 126 valence electrons. The monoisotopic (exact) mass is 318 g/mol. The molecule has 1 saturated heterocycles. The minimum absolute atomic E-state index is 0.0161. The first-order valence-corrected chi connectivity index (χ1v) is 8.08. The van der Waals surface area contributed by atoms with Crippen LogP contribution in [0.4, 0.5) is 0 Å². The average molecular weight is 318 g/mol. The number of nitrogen functional groups attached to an aromatic ring is 1. The number of amidine groups is 1. The van der Waals surface area contributed by atoms with Crippen LogP contribution in [0.1, 0.15) is 32.3 Å². The van der Waals surface area contributed by atoms with Crippen molar-refractivity contribution in [3.05, 3.63) is 29.8 Å². The summed E-state index contributed by atoms with van der Waals surface area (Å²) in [6, 6.07) is 6.96. The second-order valence-electron chi connectivity index (χ2n) is 6.35. The molecule has 1 aromatic carbocycles. The maximum atomic E-state index is 12.1. The van der Waals surface area contributed by atoms with Gasteiger partial charge >= 0.3 is 0 Å². The van der Waals surface area contributed by atoms with Crippen LogP contribution in [0.25, 0.3) is 0 Å². The van der Waals surface area contributed by atoms with Crippen molar-refractivity contribution in [2.45, 2.75) is 38.8 Å². The Kier molecular flexibility index (Phi) is 5.98. The third-order valence-corrected chi connectivity index (χ3v) is 3.88. The number of nitrogens with one attached hydrogen (secondary N) is 3. The third kappa shape index (κ3) is 5.25. The van der Waals surface area contributed by atoms with E-state index in [4.69, 9.17) is 15.9 Å². The number of ether oxygens (including phenoxy) is 1. The van der Waals surface area contributed by atoms with Crippen LogP contribution in [0.3, 0.4) is 0 Å². The lowest BCUT2D eigenvalue weighted by atomic mass is 10.1. The highest BCUT2D eigenvalue weighted by atomic mass is 16.5. The predicted molar refractivity (Wildman–Crippen MR) is 90.7 cm³/mol. The fourth-order valence-electron chi connectivity index (χ4n) is 2.53. The number of benzene rings is 1. The summed E-state index contributed by atoms with van der Waals surface area (Å²) in [5.74, 6) is 1.30. The van der Waals surface area contributed by atoms with E-state index in [2.05, 4.69) is 24.5 Å². The van der Waals surface area contributed by atoms with Gasteiger partial charge < -0.3 is 21.1 Å². The van der Waals surface area contributed by atoms with Crippen LogP contribution in [0.5, 0.6) is 5.75 Å². The van der Waals surface area contributed by atoms with E-state index >= 15 is 0 Å². The Hall–Kier alpha value is -2.08. The van der Waals surface area contributed by atoms with Gasteiger partial charge in [-0.1, -0.05) is 26.0 Å². The zero-order valence-corrected chi connectivity index (χ0v) is 13.8. The standard InChI is InChI=1S/C17H26N4O2/c1-11(2)6-7-20-17(22)15-9-14(10-21-15)23-13-5-3-4-12(8-13)16(18)19/h3-5,8,11,14-15,21H,6-7,9-10H2,1-2H3,(H3,18,19)(H,20,22). The Balaban J connectivity index is 1.82. The second-order valence-corrected chi connectivity index (χ2v) is 6.35. The van der Waals surface area contributed by atoms with Crippen molar-refractivity contribution < 1.29 is 9.53 Å². The van der Waals surface area contributed by atoms with Gasteiger partial charge in [0.1, 0.15) is 17.7 Å².